The molecule has 0 aliphatic heterocycles. The van der Waals surface area contributed by atoms with Crippen LogP contribution in [0.25, 0.3) is 57.2 Å². The first-order chi connectivity index (χ1) is 25.7. The van der Waals surface area contributed by atoms with Crippen molar-refractivity contribution in [1.29, 1.82) is 0 Å². The van der Waals surface area contributed by atoms with E-state index < -0.39 is 0 Å². The van der Waals surface area contributed by atoms with E-state index in [9.17, 15) is 0 Å². The predicted octanol–water partition coefficient (Wildman–Crippen LogP) is 11.9. The molecule has 4 aromatic carbocycles. The van der Waals surface area contributed by atoms with Crippen LogP contribution in [0.5, 0.6) is 0 Å². The first-order valence-electron chi connectivity index (χ1n) is 18.1. The lowest BCUT2D eigenvalue weighted by Crippen LogP contribution is -2.20. The minimum atomic E-state index is 0.375. The van der Waals surface area contributed by atoms with Crippen LogP contribution in [0.3, 0.4) is 0 Å². The van der Waals surface area contributed by atoms with Gasteiger partial charge in [0.25, 0.3) is 0 Å². The number of rotatable bonds is 9. The van der Waals surface area contributed by atoms with Crippen molar-refractivity contribution in [3.05, 3.63) is 193 Å². The van der Waals surface area contributed by atoms with Gasteiger partial charge in [0, 0.05) is 47.0 Å². The lowest BCUT2D eigenvalue weighted by Gasteiger charge is -2.34. The lowest BCUT2D eigenvalue weighted by molar-refractivity contribution is 0.315. The molecule has 1 aliphatic rings. The van der Waals surface area contributed by atoms with Crippen LogP contribution < -0.4 is 0 Å². The molecule has 4 nitrogen and oxygen atoms in total. The van der Waals surface area contributed by atoms with Crippen LogP contribution in [0.1, 0.15) is 41.9 Å². The van der Waals surface area contributed by atoms with Crippen molar-refractivity contribution < 1.29 is 0 Å². The topological polar surface area (TPSA) is 51.6 Å². The SMILES string of the molecule is C(=CC1CC(/C=C\c2ccc(-c3ccccc3)nc2)CC(c2ccccc2-c2cnc(-c3ccccc3)nc2)C1)c1ccc(-c2ccccc2)nc1. The number of aromatic nitrogens is 4. The molecule has 1 saturated carbocycles. The molecule has 252 valence electrons. The van der Waals surface area contributed by atoms with E-state index in [0.717, 1.165) is 69.9 Å². The van der Waals surface area contributed by atoms with Crippen LogP contribution in [0.2, 0.25) is 0 Å². The number of hydrogen-bond donors (Lipinski definition) is 0. The third kappa shape index (κ3) is 7.87. The van der Waals surface area contributed by atoms with Crippen LogP contribution in [0.4, 0.5) is 0 Å². The Morgan fingerprint density at radius 1 is 0.404 bits per heavy atom. The van der Waals surface area contributed by atoms with Gasteiger partial charge in [-0.1, -0.05) is 152 Å². The molecule has 0 spiro atoms. The summed E-state index contributed by atoms with van der Waals surface area (Å²) in [4.78, 5) is 19.1. The van der Waals surface area contributed by atoms with Crippen LogP contribution in [0.15, 0.2) is 176 Å². The highest BCUT2D eigenvalue weighted by Gasteiger charge is 2.29. The van der Waals surface area contributed by atoms with E-state index in [2.05, 4.69) is 121 Å². The highest BCUT2D eigenvalue weighted by Crippen LogP contribution is 2.44. The van der Waals surface area contributed by atoms with Crippen molar-refractivity contribution in [3.8, 4) is 45.0 Å². The van der Waals surface area contributed by atoms with E-state index in [1.165, 1.54) is 11.1 Å². The fraction of sp³-hybridized carbons (Fsp3) is 0.125. The van der Waals surface area contributed by atoms with Gasteiger partial charge in [0.15, 0.2) is 5.82 Å². The summed E-state index contributed by atoms with van der Waals surface area (Å²) in [5.41, 5.74) is 11.1. The van der Waals surface area contributed by atoms with Gasteiger partial charge in [-0.3, -0.25) is 9.97 Å². The van der Waals surface area contributed by atoms with Crippen LogP contribution in [-0.4, -0.2) is 19.9 Å². The number of nitrogens with zero attached hydrogens (tertiary/aromatic N) is 4. The molecule has 0 amide bonds. The van der Waals surface area contributed by atoms with Gasteiger partial charge in [-0.25, -0.2) is 9.97 Å². The molecule has 0 radical (unpaired) electrons. The maximum Gasteiger partial charge on any atom is 0.159 e. The van der Waals surface area contributed by atoms with Gasteiger partial charge >= 0.3 is 0 Å². The van der Waals surface area contributed by atoms with Gasteiger partial charge in [-0.15, -0.1) is 0 Å². The summed E-state index contributed by atoms with van der Waals surface area (Å²) in [6.07, 6.45) is 20.5. The molecule has 3 aromatic heterocycles. The van der Waals surface area contributed by atoms with Gasteiger partial charge < -0.3 is 0 Å². The second-order valence-electron chi connectivity index (χ2n) is 13.6. The third-order valence-corrected chi connectivity index (χ3v) is 10.0. The Kier molecular flexibility index (Phi) is 9.96. The summed E-state index contributed by atoms with van der Waals surface area (Å²) in [6, 6.07) is 48.2. The molecule has 3 atom stereocenters. The van der Waals surface area contributed by atoms with Crippen LogP contribution >= 0.6 is 0 Å². The third-order valence-electron chi connectivity index (χ3n) is 10.0. The fourth-order valence-electron chi connectivity index (χ4n) is 7.36. The molecular formula is C48H40N4. The Hall–Kier alpha value is -6.26. The molecule has 3 heterocycles. The summed E-state index contributed by atoms with van der Waals surface area (Å²) >= 11 is 0. The number of pyridine rings is 2. The maximum absolute atomic E-state index is 4.77. The van der Waals surface area contributed by atoms with E-state index in [1.807, 2.05) is 67.3 Å². The molecule has 1 fully saturated rings. The zero-order valence-corrected chi connectivity index (χ0v) is 29.0. The Morgan fingerprint density at radius 3 is 1.38 bits per heavy atom. The smallest absolute Gasteiger partial charge is 0.159 e. The highest BCUT2D eigenvalue weighted by atomic mass is 14.9. The molecule has 0 bridgehead atoms. The molecule has 0 N–H and O–H groups in total. The summed E-state index contributed by atoms with van der Waals surface area (Å²) in [7, 11) is 0. The average Bonchev–Trinajstić information content (AvgIpc) is 3.23. The van der Waals surface area contributed by atoms with Gasteiger partial charge in [0.2, 0.25) is 0 Å². The van der Waals surface area contributed by atoms with Crippen molar-refractivity contribution in [1.82, 2.24) is 19.9 Å². The Balaban J connectivity index is 1.06. The van der Waals surface area contributed by atoms with Gasteiger partial charge in [-0.05, 0) is 71.4 Å². The number of allylic oxidation sites excluding steroid dienone is 2. The molecule has 4 heteroatoms. The van der Waals surface area contributed by atoms with Crippen molar-refractivity contribution in [3.63, 3.8) is 0 Å². The van der Waals surface area contributed by atoms with E-state index in [4.69, 9.17) is 19.9 Å². The van der Waals surface area contributed by atoms with Gasteiger partial charge in [0.1, 0.15) is 0 Å². The normalized spacial score (nSPS) is 17.4. The van der Waals surface area contributed by atoms with Crippen molar-refractivity contribution in [2.24, 2.45) is 11.8 Å². The average molecular weight is 673 g/mol. The lowest BCUT2D eigenvalue weighted by atomic mass is 9.71. The van der Waals surface area contributed by atoms with Gasteiger partial charge in [-0.2, -0.15) is 0 Å². The summed E-state index contributed by atoms with van der Waals surface area (Å²) in [6.45, 7) is 0. The zero-order chi connectivity index (χ0) is 35.0. The van der Waals surface area contributed by atoms with Crippen molar-refractivity contribution in [2.75, 3.05) is 0 Å². The van der Waals surface area contributed by atoms with E-state index in [1.54, 1.807) is 0 Å². The molecule has 0 saturated heterocycles. The first-order valence-corrected chi connectivity index (χ1v) is 18.1. The minimum Gasteiger partial charge on any atom is -0.256 e. The predicted molar refractivity (Wildman–Crippen MR) is 214 cm³/mol. The second kappa shape index (κ2) is 15.7. The van der Waals surface area contributed by atoms with Crippen molar-refractivity contribution >= 4 is 12.2 Å². The second-order valence-corrected chi connectivity index (χ2v) is 13.6. The molecular weight excluding hydrogens is 633 g/mol. The Labute approximate surface area is 306 Å². The van der Waals surface area contributed by atoms with E-state index in [0.29, 0.717) is 17.8 Å². The van der Waals surface area contributed by atoms with Crippen LogP contribution in [-0.2, 0) is 0 Å². The summed E-state index contributed by atoms with van der Waals surface area (Å²) < 4.78 is 0. The van der Waals surface area contributed by atoms with E-state index >= 15 is 0 Å². The molecule has 8 rings (SSSR count). The number of hydrogen-bond acceptors (Lipinski definition) is 4. The summed E-state index contributed by atoms with van der Waals surface area (Å²) in [5.74, 6) is 1.93. The Bertz CT molecular complexity index is 2140. The zero-order valence-electron chi connectivity index (χ0n) is 29.0. The maximum atomic E-state index is 4.77. The minimum absolute atomic E-state index is 0.375. The Morgan fingerprint density at radius 2 is 0.885 bits per heavy atom. The van der Waals surface area contributed by atoms with Crippen LogP contribution in [0, 0.1) is 11.8 Å². The van der Waals surface area contributed by atoms with Gasteiger partial charge in [0.05, 0.1) is 11.4 Å². The van der Waals surface area contributed by atoms with E-state index in [-0.39, 0.29) is 0 Å². The standard InChI is InChI=1S/C48H40N4/c1-4-12-39(13-5-1)46-26-24-35(31-49-46)20-22-37-28-38(23-21-36-25-27-47(50-32-36)40-14-6-2-7-15-40)30-42(29-37)44-18-10-11-19-45(44)43-33-51-48(52-34-43)41-16-8-3-9-17-41/h1-27,31-34,37-38,42H,28-30H2/b22-20-,23-21?. The monoisotopic (exact) mass is 672 g/mol. The first kappa shape index (κ1) is 32.9. The molecule has 3 unspecified atom stereocenters. The van der Waals surface area contributed by atoms with Crippen molar-refractivity contribution in [2.45, 2.75) is 25.2 Å². The molecule has 1 aliphatic carbocycles. The largest absolute Gasteiger partial charge is 0.256 e. The summed E-state index contributed by atoms with van der Waals surface area (Å²) in [5, 5.41) is 0. The molecule has 7 aromatic rings. The quantitative estimate of drug-likeness (QED) is 0.153. The fourth-order valence-corrected chi connectivity index (χ4v) is 7.36. The highest BCUT2D eigenvalue weighted by molar-refractivity contribution is 5.68. The number of benzene rings is 4. The molecule has 52 heavy (non-hydrogen) atoms.